The summed E-state index contributed by atoms with van der Waals surface area (Å²) in [7, 11) is 0. The van der Waals surface area contributed by atoms with Crippen LogP contribution in [0.3, 0.4) is 0 Å². The van der Waals surface area contributed by atoms with Gasteiger partial charge in [0.05, 0.1) is 25.4 Å². The first kappa shape index (κ1) is 76.6. The Bertz CT molecular complexity index is 1180. The molecule has 0 saturated carbocycles. The lowest BCUT2D eigenvalue weighted by atomic mass is 10.0. The highest BCUT2D eigenvalue weighted by molar-refractivity contribution is 5.76. The number of hydrogen-bond acceptors (Lipinski definition) is 5. The number of rotatable bonds is 68. The van der Waals surface area contributed by atoms with Gasteiger partial charge in [0.15, 0.2) is 0 Å². The smallest absolute Gasteiger partial charge is 0.305 e. The maximum absolute atomic E-state index is 12.5. The molecule has 78 heavy (non-hydrogen) atoms. The highest BCUT2D eigenvalue weighted by atomic mass is 16.5. The van der Waals surface area contributed by atoms with Crippen molar-refractivity contribution in [3.8, 4) is 0 Å². The molecule has 6 heteroatoms. The Balaban J connectivity index is 3.37. The van der Waals surface area contributed by atoms with Gasteiger partial charge in [-0.05, 0) is 51.4 Å². The molecule has 6 nitrogen and oxygen atoms in total. The second kappa shape index (κ2) is 68.1. The maximum Gasteiger partial charge on any atom is 0.305 e. The summed E-state index contributed by atoms with van der Waals surface area (Å²) < 4.78 is 5.50. The zero-order chi connectivity index (χ0) is 56.4. The standard InChI is InChI=1S/C72H141NO5/c1-3-5-7-9-11-13-15-17-19-20-30-33-37-40-44-48-52-56-60-64-70(75)69(68-74)73-71(76)65-61-57-53-49-45-41-38-34-31-28-26-24-22-21-23-25-27-29-32-35-39-43-47-51-55-59-63-67-78-72(77)66-62-58-54-50-46-42-36-18-16-14-12-10-8-6-4-2/h21-22,69-70,74-75H,3-20,23-68H2,1-2H3,(H,73,76)/b22-21-. The van der Waals surface area contributed by atoms with Crippen molar-refractivity contribution in [3.05, 3.63) is 12.2 Å². The number of allylic oxidation sites excluding steroid dienone is 2. The van der Waals surface area contributed by atoms with Crippen LogP contribution < -0.4 is 5.32 Å². The predicted molar refractivity (Wildman–Crippen MR) is 343 cm³/mol. The van der Waals surface area contributed by atoms with Crippen LogP contribution >= 0.6 is 0 Å². The van der Waals surface area contributed by atoms with Crippen molar-refractivity contribution in [1.82, 2.24) is 5.32 Å². The lowest BCUT2D eigenvalue weighted by Crippen LogP contribution is -2.45. The van der Waals surface area contributed by atoms with Gasteiger partial charge < -0.3 is 20.3 Å². The zero-order valence-corrected chi connectivity index (χ0v) is 53.2. The van der Waals surface area contributed by atoms with Crippen LogP contribution in [0.4, 0.5) is 0 Å². The van der Waals surface area contributed by atoms with E-state index in [2.05, 4.69) is 31.3 Å². The molecule has 1 amide bonds. The molecule has 0 aliphatic rings. The van der Waals surface area contributed by atoms with Crippen LogP contribution in [-0.2, 0) is 14.3 Å². The largest absolute Gasteiger partial charge is 0.466 e. The number of carbonyl (C=O) groups is 2. The Morgan fingerprint density at radius 1 is 0.346 bits per heavy atom. The fourth-order valence-corrected chi connectivity index (χ4v) is 11.6. The fraction of sp³-hybridized carbons (Fsp3) is 0.944. The molecule has 0 spiro atoms. The zero-order valence-electron chi connectivity index (χ0n) is 53.2. The van der Waals surface area contributed by atoms with Crippen LogP contribution in [0.25, 0.3) is 0 Å². The number of unbranched alkanes of at least 4 members (excludes halogenated alkanes) is 55. The molecular formula is C72H141NO5. The molecule has 464 valence electrons. The monoisotopic (exact) mass is 1100 g/mol. The van der Waals surface area contributed by atoms with Crippen molar-refractivity contribution in [3.63, 3.8) is 0 Å². The molecule has 0 bridgehead atoms. The Labute approximate surface area is 489 Å². The molecule has 0 aromatic rings. The van der Waals surface area contributed by atoms with Gasteiger partial charge in [-0.1, -0.05) is 360 Å². The number of hydrogen-bond donors (Lipinski definition) is 3. The SMILES string of the molecule is CCCCCCCCCCCCCCCCCCCCCC(O)C(CO)NC(=O)CCCCCCCCCCCCC/C=C\CCCCCCCCCCCCCCOC(=O)CCCCCCCCCCCCCCCCC. The minimum absolute atomic E-state index is 0.0191. The molecule has 0 aromatic heterocycles. The third kappa shape index (κ3) is 63.8. The highest BCUT2D eigenvalue weighted by Gasteiger charge is 2.20. The molecule has 2 unspecified atom stereocenters. The summed E-state index contributed by atoms with van der Waals surface area (Å²) in [5.74, 6) is -0.0121. The normalized spacial score (nSPS) is 12.5. The van der Waals surface area contributed by atoms with Gasteiger partial charge in [-0.25, -0.2) is 0 Å². The minimum atomic E-state index is -0.665. The van der Waals surface area contributed by atoms with Crippen LogP contribution in [0.1, 0.15) is 412 Å². The maximum atomic E-state index is 12.5. The van der Waals surface area contributed by atoms with Crippen molar-refractivity contribution in [1.29, 1.82) is 0 Å². The summed E-state index contributed by atoms with van der Waals surface area (Å²) in [5, 5.41) is 23.4. The third-order valence-electron chi connectivity index (χ3n) is 17.1. The quantitative estimate of drug-likeness (QED) is 0.0320. The van der Waals surface area contributed by atoms with Crippen LogP contribution in [0.5, 0.6) is 0 Å². The van der Waals surface area contributed by atoms with Gasteiger partial charge in [-0.2, -0.15) is 0 Å². The Morgan fingerprint density at radius 2 is 0.603 bits per heavy atom. The van der Waals surface area contributed by atoms with E-state index in [1.165, 1.54) is 340 Å². The van der Waals surface area contributed by atoms with Gasteiger partial charge >= 0.3 is 5.97 Å². The number of esters is 1. The molecule has 0 radical (unpaired) electrons. The first-order valence-corrected chi connectivity index (χ1v) is 35.9. The van der Waals surface area contributed by atoms with E-state index in [4.69, 9.17) is 4.74 Å². The predicted octanol–water partition coefficient (Wildman–Crippen LogP) is 23.1. The Morgan fingerprint density at radius 3 is 0.910 bits per heavy atom. The lowest BCUT2D eigenvalue weighted by Gasteiger charge is -2.22. The number of nitrogens with one attached hydrogen (secondary N) is 1. The van der Waals surface area contributed by atoms with Crippen molar-refractivity contribution < 1.29 is 24.5 Å². The van der Waals surface area contributed by atoms with Crippen molar-refractivity contribution in [2.45, 2.75) is 424 Å². The highest BCUT2D eigenvalue weighted by Crippen LogP contribution is 2.19. The summed E-state index contributed by atoms with van der Waals surface area (Å²) in [6.07, 6.45) is 84.0. The van der Waals surface area contributed by atoms with Crippen LogP contribution in [0, 0.1) is 0 Å². The van der Waals surface area contributed by atoms with Crippen LogP contribution in [0.15, 0.2) is 12.2 Å². The molecule has 0 heterocycles. The fourth-order valence-electron chi connectivity index (χ4n) is 11.6. The van der Waals surface area contributed by atoms with E-state index in [1.54, 1.807) is 0 Å². The van der Waals surface area contributed by atoms with Crippen molar-refractivity contribution in [2.75, 3.05) is 13.2 Å². The second-order valence-corrected chi connectivity index (χ2v) is 24.9. The van der Waals surface area contributed by atoms with E-state index in [-0.39, 0.29) is 18.5 Å². The van der Waals surface area contributed by atoms with Crippen LogP contribution in [-0.4, -0.2) is 47.4 Å². The first-order valence-electron chi connectivity index (χ1n) is 35.9. The van der Waals surface area contributed by atoms with Gasteiger partial charge in [0.1, 0.15) is 0 Å². The van der Waals surface area contributed by atoms with Gasteiger partial charge in [0.25, 0.3) is 0 Å². The van der Waals surface area contributed by atoms with E-state index in [0.717, 1.165) is 38.5 Å². The molecule has 0 fully saturated rings. The van der Waals surface area contributed by atoms with Gasteiger partial charge in [0.2, 0.25) is 5.91 Å². The molecule has 2 atom stereocenters. The second-order valence-electron chi connectivity index (χ2n) is 24.9. The number of amides is 1. The number of aliphatic hydroxyl groups excluding tert-OH is 2. The molecule has 0 aromatic carbocycles. The molecule has 0 aliphatic carbocycles. The molecule has 0 saturated heterocycles. The minimum Gasteiger partial charge on any atom is -0.466 e. The summed E-state index contributed by atoms with van der Waals surface area (Å²) in [4.78, 5) is 24.6. The number of carbonyl (C=O) groups excluding carboxylic acids is 2. The van der Waals surface area contributed by atoms with E-state index < -0.39 is 12.1 Å². The van der Waals surface area contributed by atoms with Crippen LogP contribution in [0.2, 0.25) is 0 Å². The van der Waals surface area contributed by atoms with Gasteiger partial charge in [0, 0.05) is 12.8 Å². The Hall–Kier alpha value is -1.40. The summed E-state index contributed by atoms with van der Waals surface area (Å²) >= 11 is 0. The topological polar surface area (TPSA) is 95.9 Å². The van der Waals surface area contributed by atoms with E-state index in [0.29, 0.717) is 25.9 Å². The van der Waals surface area contributed by atoms with E-state index >= 15 is 0 Å². The average Bonchev–Trinajstić information content (AvgIpc) is 3.44. The van der Waals surface area contributed by atoms with E-state index in [9.17, 15) is 19.8 Å². The lowest BCUT2D eigenvalue weighted by molar-refractivity contribution is -0.143. The van der Waals surface area contributed by atoms with Crippen molar-refractivity contribution >= 4 is 11.9 Å². The summed E-state index contributed by atoms with van der Waals surface area (Å²) in [5.41, 5.74) is 0. The average molecular weight is 1100 g/mol. The molecule has 0 rings (SSSR count). The molecule has 3 N–H and O–H groups in total. The van der Waals surface area contributed by atoms with Gasteiger partial charge in [-0.15, -0.1) is 0 Å². The number of ether oxygens (including phenoxy) is 1. The molecular weight excluding hydrogens is 959 g/mol. The molecule has 0 aliphatic heterocycles. The Kier molecular flexibility index (Phi) is 66.9. The van der Waals surface area contributed by atoms with Gasteiger partial charge in [-0.3, -0.25) is 9.59 Å². The van der Waals surface area contributed by atoms with Crippen molar-refractivity contribution in [2.24, 2.45) is 0 Å². The third-order valence-corrected chi connectivity index (χ3v) is 17.1. The van der Waals surface area contributed by atoms with E-state index in [1.807, 2.05) is 0 Å². The summed E-state index contributed by atoms with van der Waals surface area (Å²) in [6.45, 7) is 5.00. The summed E-state index contributed by atoms with van der Waals surface area (Å²) in [6, 6.07) is -0.542. The number of aliphatic hydroxyl groups is 2. The first-order chi connectivity index (χ1) is 38.5.